The number of para-hydroxylation sites is 1. The Balaban J connectivity index is 2.34. The van der Waals surface area contributed by atoms with Crippen molar-refractivity contribution in [1.82, 2.24) is 0 Å². The minimum atomic E-state index is -1.13. The van der Waals surface area contributed by atoms with Crippen LogP contribution in [-0.4, -0.2) is 11.1 Å². The third-order valence-electron chi connectivity index (χ3n) is 2.41. The molecule has 5 heteroatoms. The molecule has 2 aromatic carbocycles. The SMILES string of the molecule is N#Cc1ccc(Oc2ccccc2C(=O)O)cc1F. The number of nitriles is 1. The van der Waals surface area contributed by atoms with E-state index in [0.29, 0.717) is 0 Å². The summed E-state index contributed by atoms with van der Waals surface area (Å²) in [5.74, 6) is -1.61. The molecule has 0 saturated carbocycles. The van der Waals surface area contributed by atoms with Gasteiger partial charge >= 0.3 is 5.97 Å². The molecule has 0 spiro atoms. The Morgan fingerprint density at radius 3 is 2.63 bits per heavy atom. The van der Waals surface area contributed by atoms with Crippen molar-refractivity contribution in [1.29, 1.82) is 5.26 Å². The van der Waals surface area contributed by atoms with Gasteiger partial charge in [0.2, 0.25) is 0 Å². The molecule has 0 aliphatic heterocycles. The topological polar surface area (TPSA) is 70.3 Å². The normalized spacial score (nSPS) is 9.68. The number of halogens is 1. The van der Waals surface area contributed by atoms with Gasteiger partial charge in [0, 0.05) is 6.07 Å². The van der Waals surface area contributed by atoms with E-state index in [-0.39, 0.29) is 22.6 Å². The lowest BCUT2D eigenvalue weighted by molar-refractivity contribution is 0.0694. The molecule has 19 heavy (non-hydrogen) atoms. The Bertz CT molecular complexity index is 677. The molecule has 0 unspecified atom stereocenters. The molecule has 0 aromatic heterocycles. The zero-order chi connectivity index (χ0) is 13.8. The molecule has 0 bridgehead atoms. The maximum atomic E-state index is 13.4. The molecule has 2 rings (SSSR count). The number of carbonyl (C=O) groups is 1. The van der Waals surface area contributed by atoms with E-state index in [2.05, 4.69) is 0 Å². The van der Waals surface area contributed by atoms with Crippen LogP contribution in [0.25, 0.3) is 0 Å². The highest BCUT2D eigenvalue weighted by Crippen LogP contribution is 2.26. The quantitative estimate of drug-likeness (QED) is 0.916. The maximum absolute atomic E-state index is 13.4. The van der Waals surface area contributed by atoms with Crippen LogP contribution in [0.1, 0.15) is 15.9 Å². The molecule has 0 saturated heterocycles. The molecule has 0 fully saturated rings. The summed E-state index contributed by atoms with van der Waals surface area (Å²) in [7, 11) is 0. The fourth-order valence-corrected chi connectivity index (χ4v) is 1.51. The van der Waals surface area contributed by atoms with Gasteiger partial charge in [0.05, 0.1) is 5.56 Å². The van der Waals surface area contributed by atoms with Crippen LogP contribution >= 0.6 is 0 Å². The van der Waals surface area contributed by atoms with E-state index in [1.807, 2.05) is 0 Å². The van der Waals surface area contributed by atoms with Gasteiger partial charge in [0.1, 0.15) is 28.9 Å². The third kappa shape index (κ3) is 2.69. The highest BCUT2D eigenvalue weighted by molar-refractivity contribution is 5.90. The first-order valence-electron chi connectivity index (χ1n) is 5.31. The number of carboxylic acid groups (broad SMARTS) is 1. The van der Waals surface area contributed by atoms with Crippen LogP contribution in [0.5, 0.6) is 11.5 Å². The Kier molecular flexibility index (Phi) is 3.44. The predicted molar refractivity (Wildman–Crippen MR) is 64.6 cm³/mol. The summed E-state index contributed by atoms with van der Waals surface area (Å²) < 4.78 is 18.7. The highest BCUT2D eigenvalue weighted by Gasteiger charge is 2.12. The lowest BCUT2D eigenvalue weighted by Gasteiger charge is -2.08. The van der Waals surface area contributed by atoms with Gasteiger partial charge in [-0.05, 0) is 24.3 Å². The smallest absolute Gasteiger partial charge is 0.339 e. The van der Waals surface area contributed by atoms with Crippen LogP contribution in [0.3, 0.4) is 0 Å². The second kappa shape index (κ2) is 5.19. The first kappa shape index (κ1) is 12.6. The van der Waals surface area contributed by atoms with Crippen molar-refractivity contribution in [2.75, 3.05) is 0 Å². The molecular formula is C14H8FNO3. The van der Waals surface area contributed by atoms with Gasteiger partial charge in [0.15, 0.2) is 0 Å². The van der Waals surface area contributed by atoms with E-state index in [4.69, 9.17) is 15.1 Å². The fraction of sp³-hybridized carbons (Fsp3) is 0. The number of aromatic carboxylic acids is 1. The number of hydrogen-bond donors (Lipinski definition) is 1. The van der Waals surface area contributed by atoms with Gasteiger partial charge in [-0.3, -0.25) is 0 Å². The van der Waals surface area contributed by atoms with Crippen LogP contribution in [-0.2, 0) is 0 Å². The zero-order valence-corrected chi connectivity index (χ0v) is 9.63. The second-order valence-corrected chi connectivity index (χ2v) is 3.66. The number of carboxylic acids is 1. The third-order valence-corrected chi connectivity index (χ3v) is 2.41. The molecule has 94 valence electrons. The molecule has 2 aromatic rings. The number of rotatable bonds is 3. The molecule has 0 heterocycles. The molecule has 1 N–H and O–H groups in total. The van der Waals surface area contributed by atoms with Crippen molar-refractivity contribution < 1.29 is 19.0 Å². The van der Waals surface area contributed by atoms with E-state index in [1.54, 1.807) is 18.2 Å². The van der Waals surface area contributed by atoms with Gasteiger partial charge in [0.25, 0.3) is 0 Å². The molecular weight excluding hydrogens is 249 g/mol. The van der Waals surface area contributed by atoms with E-state index in [1.165, 1.54) is 24.3 Å². The summed E-state index contributed by atoms with van der Waals surface area (Å²) in [6.45, 7) is 0. The minimum Gasteiger partial charge on any atom is -0.478 e. The molecule has 0 aliphatic rings. The fourth-order valence-electron chi connectivity index (χ4n) is 1.51. The van der Waals surface area contributed by atoms with E-state index >= 15 is 0 Å². The molecule has 0 aliphatic carbocycles. The van der Waals surface area contributed by atoms with Crippen LogP contribution in [0, 0.1) is 17.1 Å². The Hall–Kier alpha value is -2.87. The molecule has 4 nitrogen and oxygen atoms in total. The summed E-state index contributed by atoms with van der Waals surface area (Å²) in [5, 5.41) is 17.6. The molecule has 0 amide bonds. The van der Waals surface area contributed by atoms with Crippen LogP contribution in [0.4, 0.5) is 4.39 Å². The summed E-state index contributed by atoms with van der Waals surface area (Å²) >= 11 is 0. The Morgan fingerprint density at radius 2 is 2.00 bits per heavy atom. The first-order chi connectivity index (χ1) is 9.11. The first-order valence-corrected chi connectivity index (χ1v) is 5.31. The van der Waals surface area contributed by atoms with E-state index < -0.39 is 11.8 Å². The lowest BCUT2D eigenvalue weighted by atomic mass is 10.2. The van der Waals surface area contributed by atoms with Gasteiger partial charge in [-0.1, -0.05) is 12.1 Å². The summed E-state index contributed by atoms with van der Waals surface area (Å²) in [4.78, 5) is 11.0. The van der Waals surface area contributed by atoms with Gasteiger partial charge < -0.3 is 9.84 Å². The average Bonchev–Trinajstić information content (AvgIpc) is 2.39. The van der Waals surface area contributed by atoms with Crippen molar-refractivity contribution in [3.63, 3.8) is 0 Å². The Labute approximate surface area is 108 Å². The van der Waals surface area contributed by atoms with Crippen LogP contribution in [0.2, 0.25) is 0 Å². The second-order valence-electron chi connectivity index (χ2n) is 3.66. The molecule has 0 radical (unpaired) electrons. The van der Waals surface area contributed by atoms with Crippen LogP contribution < -0.4 is 4.74 Å². The average molecular weight is 257 g/mol. The zero-order valence-electron chi connectivity index (χ0n) is 9.63. The number of hydrogen-bond acceptors (Lipinski definition) is 3. The van der Waals surface area contributed by atoms with Gasteiger partial charge in [-0.15, -0.1) is 0 Å². The van der Waals surface area contributed by atoms with Crippen LogP contribution in [0.15, 0.2) is 42.5 Å². The van der Waals surface area contributed by atoms with E-state index in [9.17, 15) is 9.18 Å². The van der Waals surface area contributed by atoms with Crippen molar-refractivity contribution in [3.8, 4) is 17.6 Å². The van der Waals surface area contributed by atoms with Crippen molar-refractivity contribution in [3.05, 3.63) is 59.4 Å². The van der Waals surface area contributed by atoms with Crippen molar-refractivity contribution in [2.24, 2.45) is 0 Å². The van der Waals surface area contributed by atoms with E-state index in [0.717, 1.165) is 6.07 Å². The standard InChI is InChI=1S/C14H8FNO3/c15-12-7-10(6-5-9(12)8-16)19-13-4-2-1-3-11(13)14(17)18/h1-7H,(H,17,18). The van der Waals surface area contributed by atoms with Crippen molar-refractivity contribution in [2.45, 2.75) is 0 Å². The number of nitrogens with zero attached hydrogens (tertiary/aromatic N) is 1. The maximum Gasteiger partial charge on any atom is 0.339 e. The van der Waals surface area contributed by atoms with Crippen molar-refractivity contribution >= 4 is 5.97 Å². The molecule has 0 atom stereocenters. The number of benzene rings is 2. The summed E-state index contributed by atoms with van der Waals surface area (Å²) in [6, 6.07) is 11.4. The van der Waals surface area contributed by atoms with Gasteiger partial charge in [-0.2, -0.15) is 5.26 Å². The van der Waals surface area contributed by atoms with Gasteiger partial charge in [-0.25, -0.2) is 9.18 Å². The monoisotopic (exact) mass is 257 g/mol. The minimum absolute atomic E-state index is 0.0210. The predicted octanol–water partition coefficient (Wildman–Crippen LogP) is 3.19. The largest absolute Gasteiger partial charge is 0.478 e. The summed E-state index contributed by atoms with van der Waals surface area (Å²) in [5.41, 5.74) is -0.119. The highest BCUT2D eigenvalue weighted by atomic mass is 19.1. The lowest BCUT2D eigenvalue weighted by Crippen LogP contribution is -1.99. The number of ether oxygens (including phenoxy) is 1. The Morgan fingerprint density at radius 1 is 1.26 bits per heavy atom. The summed E-state index contributed by atoms with van der Waals surface area (Å²) in [6.07, 6.45) is 0.